The number of piperidine rings is 1. The van der Waals surface area contributed by atoms with Crippen molar-refractivity contribution in [3.8, 4) is 0 Å². The number of rotatable bonds is 3. The van der Waals surface area contributed by atoms with Crippen molar-refractivity contribution in [2.75, 3.05) is 13.1 Å². The van der Waals surface area contributed by atoms with Gasteiger partial charge in [-0.3, -0.25) is 9.69 Å². The topological polar surface area (TPSA) is 36.1 Å². The van der Waals surface area contributed by atoms with Crippen molar-refractivity contribution < 1.29 is 0 Å². The molecule has 3 nitrogen and oxygen atoms in total. The van der Waals surface area contributed by atoms with E-state index >= 15 is 0 Å². The summed E-state index contributed by atoms with van der Waals surface area (Å²) in [4.78, 5) is 18.8. The van der Waals surface area contributed by atoms with Crippen LogP contribution in [0.5, 0.6) is 0 Å². The number of H-pyrrole nitrogens is 1. The maximum absolute atomic E-state index is 12.9. The third-order valence-electron chi connectivity index (χ3n) is 4.91. The van der Waals surface area contributed by atoms with Crippen molar-refractivity contribution in [2.24, 2.45) is 5.92 Å². The van der Waals surface area contributed by atoms with Crippen molar-refractivity contribution in [1.29, 1.82) is 0 Å². The highest BCUT2D eigenvalue weighted by Crippen LogP contribution is 2.19. The number of hydrogen-bond donors (Lipinski definition) is 1. The quantitative estimate of drug-likeness (QED) is 0.939. The molecule has 0 spiro atoms. The minimum atomic E-state index is 0.208. The van der Waals surface area contributed by atoms with E-state index in [1.54, 1.807) is 0 Å². The van der Waals surface area contributed by atoms with Crippen LogP contribution in [0.2, 0.25) is 0 Å². The Labute approximate surface area is 132 Å². The molecule has 3 rings (SSSR count). The molecule has 1 saturated heterocycles. The number of benzene rings is 1. The summed E-state index contributed by atoms with van der Waals surface area (Å²) in [6.45, 7) is 9.44. The van der Waals surface area contributed by atoms with Gasteiger partial charge >= 0.3 is 0 Å². The van der Waals surface area contributed by atoms with E-state index in [9.17, 15) is 4.79 Å². The van der Waals surface area contributed by atoms with E-state index < -0.39 is 0 Å². The largest absolute Gasteiger partial charge is 0.358 e. The molecular weight excluding hydrogens is 272 g/mol. The summed E-state index contributed by atoms with van der Waals surface area (Å²) in [5.74, 6) is 0.736. The molecule has 0 amide bonds. The lowest BCUT2D eigenvalue weighted by molar-refractivity contribution is 0.176. The smallest absolute Gasteiger partial charge is 0.194 e. The molecule has 1 atom stereocenters. The van der Waals surface area contributed by atoms with Crippen LogP contribution in [0.15, 0.2) is 23.0 Å². The van der Waals surface area contributed by atoms with Crippen LogP contribution in [-0.2, 0) is 13.0 Å². The van der Waals surface area contributed by atoms with Gasteiger partial charge in [-0.25, -0.2) is 0 Å². The first-order valence-corrected chi connectivity index (χ1v) is 8.45. The number of fused-ring (bicyclic) bond motifs is 1. The normalized spacial score (nSPS) is 19.7. The number of aryl methyl sites for hydroxylation is 2. The van der Waals surface area contributed by atoms with E-state index in [1.807, 2.05) is 13.0 Å². The zero-order valence-electron chi connectivity index (χ0n) is 13.9. The molecule has 1 fully saturated rings. The minimum absolute atomic E-state index is 0.208. The van der Waals surface area contributed by atoms with E-state index in [0.717, 1.165) is 54.1 Å². The fourth-order valence-corrected chi connectivity index (χ4v) is 3.56. The Balaban J connectivity index is 1.99. The van der Waals surface area contributed by atoms with Crippen LogP contribution in [-0.4, -0.2) is 23.0 Å². The first kappa shape index (κ1) is 15.3. The first-order valence-electron chi connectivity index (χ1n) is 8.45. The molecule has 1 N–H and O–H groups in total. The minimum Gasteiger partial charge on any atom is -0.358 e. The van der Waals surface area contributed by atoms with Crippen LogP contribution in [0.1, 0.15) is 43.5 Å². The molecule has 1 aromatic heterocycles. The Morgan fingerprint density at radius 2 is 2.18 bits per heavy atom. The summed E-state index contributed by atoms with van der Waals surface area (Å²) >= 11 is 0. The molecule has 22 heavy (non-hydrogen) atoms. The zero-order chi connectivity index (χ0) is 15.7. The predicted octanol–water partition coefficient (Wildman–Crippen LogP) is 3.63. The second-order valence-corrected chi connectivity index (χ2v) is 6.77. The molecule has 0 saturated carbocycles. The third kappa shape index (κ3) is 2.95. The van der Waals surface area contributed by atoms with Crippen molar-refractivity contribution in [1.82, 2.24) is 9.88 Å². The van der Waals surface area contributed by atoms with Crippen molar-refractivity contribution in [3.05, 3.63) is 45.2 Å². The first-order chi connectivity index (χ1) is 10.6. The lowest BCUT2D eigenvalue weighted by Crippen LogP contribution is -2.35. The Kier molecular flexibility index (Phi) is 4.34. The Morgan fingerprint density at radius 3 is 2.91 bits per heavy atom. The molecule has 0 bridgehead atoms. The SMILES string of the molecule is CCc1ccc2[nH]c(C)c(CN3CCCC(C)C3)c(=O)c2c1. The molecule has 2 aromatic rings. The van der Waals surface area contributed by atoms with Gasteiger partial charge in [-0.1, -0.05) is 19.9 Å². The summed E-state index contributed by atoms with van der Waals surface area (Å²) in [5.41, 5.74) is 4.34. The van der Waals surface area contributed by atoms with Crippen LogP contribution in [0.4, 0.5) is 0 Å². The van der Waals surface area contributed by atoms with Crippen LogP contribution in [0, 0.1) is 12.8 Å². The molecule has 1 aliphatic heterocycles. The highest BCUT2D eigenvalue weighted by Gasteiger charge is 2.19. The molecule has 3 heteroatoms. The summed E-state index contributed by atoms with van der Waals surface area (Å²) in [6.07, 6.45) is 3.51. The van der Waals surface area contributed by atoms with Gasteiger partial charge in [0.05, 0.1) is 0 Å². The highest BCUT2D eigenvalue weighted by atomic mass is 16.1. The molecule has 0 aliphatic carbocycles. The number of pyridine rings is 1. The van der Waals surface area contributed by atoms with E-state index in [4.69, 9.17) is 0 Å². The van der Waals surface area contributed by atoms with Gasteiger partial charge in [0.2, 0.25) is 0 Å². The maximum atomic E-state index is 12.9. The van der Waals surface area contributed by atoms with Gasteiger partial charge in [-0.05, 0) is 56.3 Å². The Hall–Kier alpha value is -1.61. The second kappa shape index (κ2) is 6.25. The number of likely N-dealkylation sites (tertiary alicyclic amines) is 1. The summed E-state index contributed by atoms with van der Waals surface area (Å²) in [6, 6.07) is 6.19. The average molecular weight is 298 g/mol. The van der Waals surface area contributed by atoms with Crippen molar-refractivity contribution in [3.63, 3.8) is 0 Å². The third-order valence-corrected chi connectivity index (χ3v) is 4.91. The van der Waals surface area contributed by atoms with E-state index in [-0.39, 0.29) is 5.43 Å². The van der Waals surface area contributed by atoms with Crippen LogP contribution < -0.4 is 5.43 Å². The summed E-state index contributed by atoms with van der Waals surface area (Å²) in [7, 11) is 0. The molecule has 118 valence electrons. The number of hydrogen-bond acceptors (Lipinski definition) is 2. The van der Waals surface area contributed by atoms with Gasteiger partial charge in [-0.2, -0.15) is 0 Å². The second-order valence-electron chi connectivity index (χ2n) is 6.77. The van der Waals surface area contributed by atoms with E-state index in [1.165, 1.54) is 18.4 Å². The lowest BCUT2D eigenvalue weighted by atomic mass is 9.99. The van der Waals surface area contributed by atoms with Gasteiger partial charge < -0.3 is 4.98 Å². The fourth-order valence-electron chi connectivity index (χ4n) is 3.56. The molecule has 2 heterocycles. The highest BCUT2D eigenvalue weighted by molar-refractivity contribution is 5.80. The van der Waals surface area contributed by atoms with Gasteiger partial charge in [0, 0.05) is 35.2 Å². The standard InChI is InChI=1S/C19H26N2O/c1-4-15-7-8-18-16(10-15)19(22)17(14(3)20-18)12-21-9-5-6-13(2)11-21/h7-8,10,13H,4-6,9,11-12H2,1-3H3,(H,20,22). The summed E-state index contributed by atoms with van der Waals surface area (Å²) in [5, 5.41) is 0.838. The van der Waals surface area contributed by atoms with E-state index in [2.05, 4.69) is 35.9 Å². The average Bonchev–Trinajstić information content (AvgIpc) is 2.51. The maximum Gasteiger partial charge on any atom is 0.194 e. The van der Waals surface area contributed by atoms with E-state index in [0.29, 0.717) is 0 Å². The van der Waals surface area contributed by atoms with Gasteiger partial charge in [0.1, 0.15) is 0 Å². The molecule has 1 aromatic carbocycles. The molecule has 0 radical (unpaired) electrons. The number of nitrogens with one attached hydrogen (secondary N) is 1. The fraction of sp³-hybridized carbons (Fsp3) is 0.526. The molecule has 1 aliphatic rings. The number of aromatic amines is 1. The Morgan fingerprint density at radius 1 is 1.36 bits per heavy atom. The van der Waals surface area contributed by atoms with Crippen LogP contribution >= 0.6 is 0 Å². The molecule has 1 unspecified atom stereocenters. The van der Waals surface area contributed by atoms with Gasteiger partial charge in [0.25, 0.3) is 0 Å². The van der Waals surface area contributed by atoms with Crippen LogP contribution in [0.3, 0.4) is 0 Å². The number of aromatic nitrogens is 1. The van der Waals surface area contributed by atoms with Crippen molar-refractivity contribution >= 4 is 10.9 Å². The van der Waals surface area contributed by atoms with Crippen LogP contribution in [0.25, 0.3) is 10.9 Å². The van der Waals surface area contributed by atoms with Gasteiger partial charge in [0.15, 0.2) is 5.43 Å². The zero-order valence-corrected chi connectivity index (χ0v) is 13.9. The Bertz CT molecular complexity index is 732. The summed E-state index contributed by atoms with van der Waals surface area (Å²) < 4.78 is 0. The molecular formula is C19H26N2O. The number of nitrogens with zero attached hydrogens (tertiary/aromatic N) is 1. The lowest BCUT2D eigenvalue weighted by Gasteiger charge is -2.31. The van der Waals surface area contributed by atoms with Gasteiger partial charge in [-0.15, -0.1) is 0 Å². The predicted molar refractivity (Wildman–Crippen MR) is 92.4 cm³/mol. The van der Waals surface area contributed by atoms with Crippen molar-refractivity contribution in [2.45, 2.75) is 46.6 Å². The monoisotopic (exact) mass is 298 g/mol.